The zero-order valence-corrected chi connectivity index (χ0v) is 10.4. The van der Waals surface area contributed by atoms with Gasteiger partial charge in [0.2, 0.25) is 0 Å². The molecular weight excluding hydrogens is 214 g/mol. The maximum absolute atomic E-state index is 11.6. The second kappa shape index (κ2) is 4.62. The Morgan fingerprint density at radius 2 is 2.06 bits per heavy atom. The Kier molecular flexibility index (Phi) is 3.18. The number of hydrogen-bond donors (Lipinski definition) is 0. The summed E-state index contributed by atoms with van der Waals surface area (Å²) in [6.45, 7) is 6.01. The van der Waals surface area contributed by atoms with Crippen LogP contribution in [0.5, 0.6) is 0 Å². The van der Waals surface area contributed by atoms with Crippen molar-refractivity contribution in [2.75, 3.05) is 0 Å². The molecule has 0 atom stereocenters. The fourth-order valence-electron chi connectivity index (χ4n) is 1.87. The monoisotopic (exact) mass is 231 g/mol. The highest BCUT2D eigenvalue weighted by atomic mass is 16.7. The molecule has 0 aliphatic rings. The lowest BCUT2D eigenvalue weighted by Crippen LogP contribution is -2.20. The van der Waals surface area contributed by atoms with E-state index in [2.05, 4.69) is 0 Å². The van der Waals surface area contributed by atoms with E-state index in [1.54, 1.807) is 4.73 Å². The van der Waals surface area contributed by atoms with Gasteiger partial charge in [-0.15, -0.1) is 0 Å². The van der Waals surface area contributed by atoms with Crippen LogP contribution < -0.4 is 4.84 Å². The summed E-state index contributed by atoms with van der Waals surface area (Å²) < 4.78 is 1.56. The van der Waals surface area contributed by atoms with Gasteiger partial charge < -0.3 is 4.84 Å². The Hall–Kier alpha value is -1.77. The summed E-state index contributed by atoms with van der Waals surface area (Å²) in [5, 5.41) is 1.12. The molecule has 3 nitrogen and oxygen atoms in total. The van der Waals surface area contributed by atoms with Crippen LogP contribution in [0.1, 0.15) is 25.8 Å². The van der Waals surface area contributed by atoms with E-state index in [9.17, 15) is 4.79 Å². The first kappa shape index (κ1) is 11.7. The maximum Gasteiger partial charge on any atom is 0.333 e. The molecule has 0 aliphatic heterocycles. The normalized spacial score (nSPS) is 11.1. The number of hydrogen-bond acceptors (Lipinski definition) is 2. The van der Waals surface area contributed by atoms with Crippen molar-refractivity contribution in [2.45, 2.75) is 27.2 Å². The van der Waals surface area contributed by atoms with Crippen LogP contribution in [0.3, 0.4) is 0 Å². The minimum absolute atomic E-state index is 0.194. The van der Waals surface area contributed by atoms with Crippen molar-refractivity contribution >= 4 is 16.9 Å². The van der Waals surface area contributed by atoms with E-state index in [1.165, 1.54) is 0 Å². The third kappa shape index (κ3) is 2.49. The number of para-hydroxylation sites is 1. The van der Waals surface area contributed by atoms with Crippen molar-refractivity contribution in [2.24, 2.45) is 5.92 Å². The number of benzene rings is 1. The molecule has 0 aliphatic carbocycles. The number of aryl methyl sites for hydroxylation is 1. The molecule has 0 saturated heterocycles. The summed E-state index contributed by atoms with van der Waals surface area (Å²) in [6, 6.07) is 7.90. The number of aromatic nitrogens is 1. The summed E-state index contributed by atoms with van der Waals surface area (Å²) in [4.78, 5) is 17.0. The number of nitrogens with zero attached hydrogens (tertiary/aromatic N) is 1. The van der Waals surface area contributed by atoms with Crippen molar-refractivity contribution < 1.29 is 9.63 Å². The molecule has 0 saturated carbocycles. The Bertz CT molecular complexity index is 540. The zero-order valence-electron chi connectivity index (χ0n) is 10.4. The quantitative estimate of drug-likeness (QED) is 0.813. The van der Waals surface area contributed by atoms with Gasteiger partial charge in [-0.05, 0) is 24.5 Å². The van der Waals surface area contributed by atoms with E-state index < -0.39 is 0 Å². The van der Waals surface area contributed by atoms with Crippen LogP contribution in [0.4, 0.5) is 0 Å². The molecule has 17 heavy (non-hydrogen) atoms. The Morgan fingerprint density at radius 1 is 1.35 bits per heavy atom. The Labute approximate surface area is 101 Å². The summed E-state index contributed by atoms with van der Waals surface area (Å²) in [7, 11) is 0. The summed E-state index contributed by atoms with van der Waals surface area (Å²) in [5.41, 5.74) is 2.04. The minimum atomic E-state index is -0.194. The van der Waals surface area contributed by atoms with Gasteiger partial charge in [-0.2, -0.15) is 4.73 Å². The maximum atomic E-state index is 11.6. The van der Waals surface area contributed by atoms with Gasteiger partial charge in [-0.25, -0.2) is 4.79 Å². The lowest BCUT2D eigenvalue weighted by atomic mass is 10.1. The molecule has 1 heterocycles. The standard InChI is InChI=1S/C14H17NO2/c1-10(2)8-14(16)17-15-9-11(3)12-6-4-5-7-13(12)15/h4-7,9-10H,8H2,1-3H3. The third-order valence-corrected chi connectivity index (χ3v) is 2.65. The van der Waals surface area contributed by atoms with Crippen LogP contribution in [0.15, 0.2) is 30.5 Å². The molecule has 2 rings (SSSR count). The van der Waals surface area contributed by atoms with Gasteiger partial charge in [0.25, 0.3) is 0 Å². The molecule has 1 aromatic carbocycles. The highest BCUT2D eigenvalue weighted by Crippen LogP contribution is 2.19. The van der Waals surface area contributed by atoms with Gasteiger partial charge >= 0.3 is 5.97 Å². The van der Waals surface area contributed by atoms with Crippen molar-refractivity contribution in [1.82, 2.24) is 4.73 Å². The highest BCUT2D eigenvalue weighted by molar-refractivity contribution is 5.84. The average Bonchev–Trinajstić information content (AvgIpc) is 2.55. The highest BCUT2D eigenvalue weighted by Gasteiger charge is 2.11. The van der Waals surface area contributed by atoms with E-state index in [0.717, 1.165) is 16.5 Å². The molecule has 90 valence electrons. The topological polar surface area (TPSA) is 31.2 Å². The number of carbonyl (C=O) groups is 1. The molecule has 0 N–H and O–H groups in total. The van der Waals surface area contributed by atoms with Crippen molar-refractivity contribution in [3.8, 4) is 0 Å². The van der Waals surface area contributed by atoms with Gasteiger partial charge in [-0.3, -0.25) is 0 Å². The molecular formula is C14H17NO2. The Morgan fingerprint density at radius 3 is 2.76 bits per heavy atom. The fraction of sp³-hybridized carbons (Fsp3) is 0.357. The van der Waals surface area contributed by atoms with Crippen LogP contribution in [0, 0.1) is 12.8 Å². The van der Waals surface area contributed by atoms with E-state index in [4.69, 9.17) is 4.84 Å². The second-order valence-corrected chi connectivity index (χ2v) is 4.72. The van der Waals surface area contributed by atoms with Gasteiger partial charge in [0.15, 0.2) is 0 Å². The van der Waals surface area contributed by atoms with Crippen LogP contribution in [0.25, 0.3) is 10.9 Å². The minimum Gasteiger partial charge on any atom is -0.337 e. The average molecular weight is 231 g/mol. The van der Waals surface area contributed by atoms with Gasteiger partial charge in [0, 0.05) is 11.6 Å². The van der Waals surface area contributed by atoms with Crippen LogP contribution >= 0.6 is 0 Å². The Balaban J connectivity index is 2.27. The summed E-state index contributed by atoms with van der Waals surface area (Å²) >= 11 is 0. The molecule has 0 unspecified atom stereocenters. The molecule has 1 aromatic heterocycles. The molecule has 0 fully saturated rings. The molecule has 2 aromatic rings. The predicted octanol–water partition coefficient (Wildman–Crippen LogP) is 2.95. The van der Waals surface area contributed by atoms with E-state index >= 15 is 0 Å². The fourth-order valence-corrected chi connectivity index (χ4v) is 1.87. The summed E-state index contributed by atoms with van der Waals surface area (Å²) in [6.07, 6.45) is 2.29. The van der Waals surface area contributed by atoms with Gasteiger partial charge in [-0.1, -0.05) is 32.0 Å². The lowest BCUT2D eigenvalue weighted by Gasteiger charge is -2.07. The molecule has 0 radical (unpaired) electrons. The predicted molar refractivity (Wildman–Crippen MR) is 67.7 cm³/mol. The zero-order chi connectivity index (χ0) is 12.4. The molecule has 0 spiro atoms. The lowest BCUT2D eigenvalue weighted by molar-refractivity contribution is -0.144. The largest absolute Gasteiger partial charge is 0.337 e. The first-order valence-electron chi connectivity index (χ1n) is 5.86. The summed E-state index contributed by atoms with van der Waals surface area (Å²) in [5.74, 6) is 0.117. The van der Waals surface area contributed by atoms with Gasteiger partial charge in [0.1, 0.15) is 0 Å². The number of rotatable bonds is 3. The molecule has 0 bridgehead atoms. The van der Waals surface area contributed by atoms with Crippen molar-refractivity contribution in [3.05, 3.63) is 36.0 Å². The second-order valence-electron chi connectivity index (χ2n) is 4.72. The first-order valence-corrected chi connectivity index (χ1v) is 5.86. The van der Waals surface area contributed by atoms with Crippen LogP contribution in [-0.4, -0.2) is 10.7 Å². The van der Waals surface area contributed by atoms with Crippen molar-refractivity contribution in [1.29, 1.82) is 0 Å². The van der Waals surface area contributed by atoms with Crippen LogP contribution in [0.2, 0.25) is 0 Å². The number of carbonyl (C=O) groups excluding carboxylic acids is 1. The third-order valence-electron chi connectivity index (χ3n) is 2.65. The van der Waals surface area contributed by atoms with Gasteiger partial charge in [0.05, 0.1) is 11.9 Å². The smallest absolute Gasteiger partial charge is 0.333 e. The van der Waals surface area contributed by atoms with Crippen molar-refractivity contribution in [3.63, 3.8) is 0 Å². The van der Waals surface area contributed by atoms with E-state index in [-0.39, 0.29) is 5.97 Å². The molecule has 0 amide bonds. The first-order chi connectivity index (χ1) is 8.08. The van der Waals surface area contributed by atoms with E-state index in [0.29, 0.717) is 12.3 Å². The van der Waals surface area contributed by atoms with E-state index in [1.807, 2.05) is 51.2 Å². The molecule has 3 heteroatoms. The SMILES string of the molecule is Cc1cn(OC(=O)CC(C)C)c2ccccc12. The van der Waals surface area contributed by atoms with Crippen LogP contribution in [-0.2, 0) is 4.79 Å². The number of fused-ring (bicyclic) bond motifs is 1.